The fraction of sp³-hybridized carbons (Fsp3) is 0.240. The molecule has 0 fully saturated rings. The van der Waals surface area contributed by atoms with Crippen LogP contribution >= 0.6 is 31.9 Å². The molecule has 7 heteroatoms. The number of aromatic hydroxyl groups is 1. The van der Waals surface area contributed by atoms with Crippen LogP contribution in [0.25, 0.3) is 0 Å². The maximum absolute atomic E-state index is 10.9. The number of ether oxygens (including phenoxy) is 2. The predicted octanol–water partition coefficient (Wildman–Crippen LogP) is 6.55. The molecule has 4 rings (SSSR count). The van der Waals surface area contributed by atoms with Crippen LogP contribution in [0, 0.1) is 0 Å². The summed E-state index contributed by atoms with van der Waals surface area (Å²) in [6, 6.07) is 19.5. The van der Waals surface area contributed by atoms with Gasteiger partial charge in [0.2, 0.25) is 0 Å². The SMILES string of the molecule is CCOc1cccc(C2CC(c3cccc(Br)c3)=NC(c3ccc(OC)c(Br)c3)N2)c1O. The van der Waals surface area contributed by atoms with Crippen LogP contribution in [0.2, 0.25) is 0 Å². The second kappa shape index (κ2) is 10.1. The Kier molecular flexibility index (Phi) is 7.18. The van der Waals surface area contributed by atoms with Crippen LogP contribution in [-0.2, 0) is 0 Å². The van der Waals surface area contributed by atoms with Crippen molar-refractivity contribution in [2.45, 2.75) is 25.6 Å². The lowest BCUT2D eigenvalue weighted by molar-refractivity contribution is 0.313. The third kappa shape index (κ3) is 4.85. The minimum atomic E-state index is -0.292. The molecule has 1 heterocycles. The molecule has 2 atom stereocenters. The van der Waals surface area contributed by atoms with Crippen molar-refractivity contribution < 1.29 is 14.6 Å². The average Bonchev–Trinajstić information content (AvgIpc) is 2.80. The maximum atomic E-state index is 10.9. The number of para-hydroxylation sites is 1. The van der Waals surface area contributed by atoms with Crippen LogP contribution in [-0.4, -0.2) is 24.5 Å². The van der Waals surface area contributed by atoms with E-state index in [1.165, 1.54) is 0 Å². The Bertz CT molecular complexity index is 1150. The summed E-state index contributed by atoms with van der Waals surface area (Å²) in [5, 5.41) is 14.5. The number of nitrogens with one attached hydrogen (secondary N) is 1. The molecule has 0 spiro atoms. The fourth-order valence-electron chi connectivity index (χ4n) is 3.86. The molecule has 1 aliphatic rings. The van der Waals surface area contributed by atoms with Crippen LogP contribution in [0.5, 0.6) is 17.2 Å². The smallest absolute Gasteiger partial charge is 0.162 e. The number of rotatable bonds is 6. The van der Waals surface area contributed by atoms with E-state index in [0.717, 1.165) is 37.1 Å². The molecule has 0 saturated heterocycles. The quantitative estimate of drug-likeness (QED) is 0.359. The van der Waals surface area contributed by atoms with Crippen molar-refractivity contribution >= 4 is 37.6 Å². The van der Waals surface area contributed by atoms with Gasteiger partial charge >= 0.3 is 0 Å². The lowest BCUT2D eigenvalue weighted by Gasteiger charge is -2.31. The molecular formula is C25H24Br2N2O3. The Morgan fingerprint density at radius 1 is 1.06 bits per heavy atom. The molecule has 0 radical (unpaired) electrons. The zero-order valence-electron chi connectivity index (χ0n) is 17.8. The van der Waals surface area contributed by atoms with Crippen LogP contribution in [0.1, 0.15) is 42.2 Å². The molecular weight excluding hydrogens is 536 g/mol. The molecule has 0 aromatic heterocycles. The maximum Gasteiger partial charge on any atom is 0.162 e. The van der Waals surface area contributed by atoms with Crippen molar-refractivity contribution in [1.29, 1.82) is 0 Å². The molecule has 0 saturated carbocycles. The summed E-state index contributed by atoms with van der Waals surface area (Å²) in [4.78, 5) is 5.03. The van der Waals surface area contributed by atoms with Gasteiger partial charge in [0, 0.05) is 28.2 Å². The van der Waals surface area contributed by atoms with E-state index in [1.807, 2.05) is 49.4 Å². The van der Waals surface area contributed by atoms with Gasteiger partial charge in [0.15, 0.2) is 11.5 Å². The molecule has 0 amide bonds. The highest BCUT2D eigenvalue weighted by atomic mass is 79.9. The predicted molar refractivity (Wildman–Crippen MR) is 134 cm³/mol. The average molecular weight is 560 g/mol. The van der Waals surface area contributed by atoms with E-state index < -0.39 is 0 Å². The van der Waals surface area contributed by atoms with Crippen LogP contribution < -0.4 is 14.8 Å². The summed E-state index contributed by atoms with van der Waals surface area (Å²) < 4.78 is 12.9. The highest BCUT2D eigenvalue weighted by Crippen LogP contribution is 2.39. The Labute approximate surface area is 204 Å². The lowest BCUT2D eigenvalue weighted by Crippen LogP contribution is -2.33. The summed E-state index contributed by atoms with van der Waals surface area (Å²) in [6.45, 7) is 2.39. The van der Waals surface area contributed by atoms with Crippen LogP contribution in [0.15, 0.2) is 74.6 Å². The van der Waals surface area contributed by atoms with Gasteiger partial charge in [0.25, 0.3) is 0 Å². The van der Waals surface area contributed by atoms with Crippen molar-refractivity contribution in [3.8, 4) is 17.2 Å². The number of phenolic OH excluding ortho intramolecular Hbond substituents is 1. The van der Waals surface area contributed by atoms with Gasteiger partial charge in [-0.1, -0.05) is 46.3 Å². The summed E-state index contributed by atoms with van der Waals surface area (Å²) in [5.41, 5.74) is 3.79. The molecule has 1 aliphatic heterocycles. The Balaban J connectivity index is 1.77. The van der Waals surface area contributed by atoms with E-state index in [-0.39, 0.29) is 18.0 Å². The van der Waals surface area contributed by atoms with Gasteiger partial charge in [0.05, 0.1) is 18.2 Å². The van der Waals surface area contributed by atoms with Crippen molar-refractivity contribution in [3.63, 3.8) is 0 Å². The Morgan fingerprint density at radius 3 is 2.59 bits per heavy atom. The topological polar surface area (TPSA) is 63.1 Å². The monoisotopic (exact) mass is 558 g/mol. The summed E-state index contributed by atoms with van der Waals surface area (Å²) >= 11 is 7.14. The van der Waals surface area contributed by atoms with Gasteiger partial charge in [-0.05, 0) is 64.3 Å². The molecule has 32 heavy (non-hydrogen) atoms. The molecule has 2 N–H and O–H groups in total. The molecule has 2 unspecified atom stereocenters. The number of methoxy groups -OCH3 is 1. The second-order valence-corrected chi connectivity index (χ2v) is 9.20. The van der Waals surface area contributed by atoms with Gasteiger partial charge < -0.3 is 14.6 Å². The van der Waals surface area contributed by atoms with Crippen LogP contribution in [0.3, 0.4) is 0 Å². The van der Waals surface area contributed by atoms with Gasteiger partial charge in [0.1, 0.15) is 11.9 Å². The lowest BCUT2D eigenvalue weighted by atomic mass is 9.93. The summed E-state index contributed by atoms with van der Waals surface area (Å²) in [5.74, 6) is 1.42. The van der Waals surface area contributed by atoms with E-state index in [9.17, 15) is 5.11 Å². The van der Waals surface area contributed by atoms with E-state index in [2.05, 4.69) is 49.3 Å². The van der Waals surface area contributed by atoms with E-state index in [0.29, 0.717) is 18.8 Å². The largest absolute Gasteiger partial charge is 0.504 e. The minimum Gasteiger partial charge on any atom is -0.504 e. The molecule has 3 aromatic carbocycles. The number of hydrogen-bond acceptors (Lipinski definition) is 5. The Morgan fingerprint density at radius 2 is 1.88 bits per heavy atom. The van der Waals surface area contributed by atoms with Crippen molar-refractivity contribution in [2.75, 3.05) is 13.7 Å². The third-order valence-corrected chi connectivity index (χ3v) is 6.51. The number of phenols is 1. The standard InChI is InChI=1S/C25H24Br2N2O3/c1-3-32-23-9-5-8-18(24(23)30)21-14-20(15-6-4-7-17(26)12-15)28-25(29-21)16-10-11-22(31-2)19(27)13-16/h4-13,21,25,29-30H,3,14H2,1-2H3. The van der Waals surface area contributed by atoms with Gasteiger partial charge in [-0.3, -0.25) is 10.3 Å². The highest BCUT2D eigenvalue weighted by Gasteiger charge is 2.29. The first-order chi connectivity index (χ1) is 15.5. The van der Waals surface area contributed by atoms with Gasteiger partial charge in [-0.15, -0.1) is 0 Å². The van der Waals surface area contributed by atoms with Crippen molar-refractivity contribution in [2.24, 2.45) is 4.99 Å². The number of nitrogens with zero attached hydrogens (tertiary/aromatic N) is 1. The van der Waals surface area contributed by atoms with E-state index >= 15 is 0 Å². The second-order valence-electron chi connectivity index (χ2n) is 7.43. The molecule has 3 aromatic rings. The zero-order valence-corrected chi connectivity index (χ0v) is 21.0. The normalized spacial score (nSPS) is 18.2. The fourth-order valence-corrected chi connectivity index (χ4v) is 4.82. The number of aliphatic imine (C=N–C) groups is 1. The van der Waals surface area contributed by atoms with E-state index in [4.69, 9.17) is 14.5 Å². The van der Waals surface area contributed by atoms with Gasteiger partial charge in [-0.25, -0.2) is 0 Å². The highest BCUT2D eigenvalue weighted by molar-refractivity contribution is 9.10. The third-order valence-electron chi connectivity index (χ3n) is 5.40. The molecule has 0 aliphatic carbocycles. The summed E-state index contributed by atoms with van der Waals surface area (Å²) in [6.07, 6.45) is 0.341. The molecule has 0 bridgehead atoms. The number of halogens is 2. The van der Waals surface area contributed by atoms with Crippen molar-refractivity contribution in [1.82, 2.24) is 5.32 Å². The van der Waals surface area contributed by atoms with Crippen LogP contribution in [0.4, 0.5) is 0 Å². The van der Waals surface area contributed by atoms with E-state index in [1.54, 1.807) is 13.2 Å². The van der Waals surface area contributed by atoms with Crippen molar-refractivity contribution in [3.05, 3.63) is 86.3 Å². The summed E-state index contributed by atoms with van der Waals surface area (Å²) in [7, 11) is 1.65. The van der Waals surface area contributed by atoms with Gasteiger partial charge in [-0.2, -0.15) is 0 Å². The first-order valence-corrected chi connectivity index (χ1v) is 12.0. The minimum absolute atomic E-state index is 0.146. The number of hydrogen-bond donors (Lipinski definition) is 2. The molecule has 5 nitrogen and oxygen atoms in total. The molecule has 166 valence electrons. The first-order valence-electron chi connectivity index (χ1n) is 10.4. The number of benzene rings is 3. The Hall–Kier alpha value is -2.35. The zero-order chi connectivity index (χ0) is 22.7. The first kappa shape index (κ1) is 22.8.